The molecule has 2 N–H and O–H groups in total. The normalized spacial score (nSPS) is 17.9. The molecule has 1 saturated heterocycles. The molecule has 148 valence electrons. The summed E-state index contributed by atoms with van der Waals surface area (Å²) in [6.45, 7) is 8.97. The molecule has 3 aromatic rings. The lowest BCUT2D eigenvalue weighted by Gasteiger charge is -2.31. The number of nitrogens with zero attached hydrogens (tertiary/aromatic N) is 4. The number of piperidine rings is 1. The van der Waals surface area contributed by atoms with E-state index < -0.39 is 0 Å². The number of anilines is 1. The van der Waals surface area contributed by atoms with Crippen molar-refractivity contribution in [2.24, 2.45) is 0 Å². The molecule has 0 aliphatic carbocycles. The summed E-state index contributed by atoms with van der Waals surface area (Å²) in [7, 11) is 0. The maximum atomic E-state index is 12.7. The molecule has 0 spiro atoms. The Hall–Kier alpha value is -2.67. The van der Waals surface area contributed by atoms with Crippen LogP contribution in [0.1, 0.15) is 42.9 Å². The zero-order valence-electron chi connectivity index (χ0n) is 16.8. The van der Waals surface area contributed by atoms with Crippen LogP contribution in [0.25, 0.3) is 11.0 Å². The van der Waals surface area contributed by atoms with E-state index >= 15 is 0 Å². The Morgan fingerprint density at radius 3 is 2.89 bits per heavy atom. The summed E-state index contributed by atoms with van der Waals surface area (Å²) in [6, 6.07) is 8.12. The van der Waals surface area contributed by atoms with Gasteiger partial charge in [0.15, 0.2) is 0 Å². The standard InChI is InChI=1S/C21H28N6O/c1-4-27-15(3)20(14(2)25-27)24-19(28)13-26-11-7-8-16(12-26)21-22-17-9-5-6-10-18(17)23-21/h5-6,9-10,16H,4,7-8,11-13H2,1-3H3,(H,22,23)(H,24,28)/t16-/m0/s1. The fraction of sp³-hybridized carbons (Fsp3) is 0.476. The predicted molar refractivity (Wildman–Crippen MR) is 111 cm³/mol. The number of H-pyrrole nitrogens is 1. The highest BCUT2D eigenvalue weighted by Gasteiger charge is 2.25. The Labute approximate surface area is 165 Å². The number of fused-ring (bicyclic) bond motifs is 1. The van der Waals surface area contributed by atoms with Gasteiger partial charge in [0.2, 0.25) is 5.91 Å². The van der Waals surface area contributed by atoms with Gasteiger partial charge in [-0.15, -0.1) is 0 Å². The van der Waals surface area contributed by atoms with Crippen molar-refractivity contribution < 1.29 is 4.79 Å². The minimum absolute atomic E-state index is 0.0205. The second-order valence-corrected chi connectivity index (χ2v) is 7.62. The highest BCUT2D eigenvalue weighted by molar-refractivity contribution is 5.93. The number of hydrogen-bond acceptors (Lipinski definition) is 4. The van der Waals surface area contributed by atoms with Gasteiger partial charge >= 0.3 is 0 Å². The first-order valence-corrected chi connectivity index (χ1v) is 10.1. The molecule has 1 aliphatic rings. The first-order valence-electron chi connectivity index (χ1n) is 10.1. The average Bonchev–Trinajstić information content (AvgIpc) is 3.24. The van der Waals surface area contributed by atoms with E-state index in [0.717, 1.165) is 66.4 Å². The molecular formula is C21H28N6O. The van der Waals surface area contributed by atoms with E-state index in [9.17, 15) is 4.79 Å². The van der Waals surface area contributed by atoms with Crippen molar-refractivity contribution in [3.8, 4) is 0 Å². The first-order chi connectivity index (χ1) is 13.5. The molecule has 7 heteroatoms. The Morgan fingerprint density at radius 2 is 2.14 bits per heavy atom. The van der Waals surface area contributed by atoms with Crippen molar-refractivity contribution in [3.05, 3.63) is 41.5 Å². The van der Waals surface area contributed by atoms with Crippen LogP contribution in [0.2, 0.25) is 0 Å². The fourth-order valence-corrected chi connectivity index (χ4v) is 4.16. The third-order valence-corrected chi connectivity index (χ3v) is 5.61. The Kier molecular flexibility index (Phi) is 5.17. The first kappa shape index (κ1) is 18.7. The van der Waals surface area contributed by atoms with Crippen LogP contribution in [-0.2, 0) is 11.3 Å². The van der Waals surface area contributed by atoms with Gasteiger partial charge < -0.3 is 10.3 Å². The van der Waals surface area contributed by atoms with E-state index in [1.807, 2.05) is 36.7 Å². The molecule has 1 atom stereocenters. The summed E-state index contributed by atoms with van der Waals surface area (Å²) in [6.07, 6.45) is 2.17. The van der Waals surface area contributed by atoms with Gasteiger partial charge in [-0.05, 0) is 52.3 Å². The van der Waals surface area contributed by atoms with Crippen LogP contribution in [0, 0.1) is 13.8 Å². The Morgan fingerprint density at radius 1 is 1.32 bits per heavy atom. The molecule has 1 fully saturated rings. The second kappa shape index (κ2) is 7.75. The fourth-order valence-electron chi connectivity index (χ4n) is 4.16. The molecule has 1 aliphatic heterocycles. The number of rotatable bonds is 5. The van der Waals surface area contributed by atoms with E-state index in [1.165, 1.54) is 0 Å². The quantitative estimate of drug-likeness (QED) is 0.712. The number of amides is 1. The number of imidazole rings is 1. The number of aromatic amines is 1. The van der Waals surface area contributed by atoms with E-state index in [4.69, 9.17) is 4.98 Å². The van der Waals surface area contributed by atoms with Crippen LogP contribution in [0.5, 0.6) is 0 Å². The third-order valence-electron chi connectivity index (χ3n) is 5.61. The summed E-state index contributed by atoms with van der Waals surface area (Å²) in [5.41, 5.74) is 4.80. The summed E-state index contributed by atoms with van der Waals surface area (Å²) < 4.78 is 1.92. The van der Waals surface area contributed by atoms with Crippen molar-refractivity contribution in [1.82, 2.24) is 24.6 Å². The molecule has 7 nitrogen and oxygen atoms in total. The number of nitrogens with one attached hydrogen (secondary N) is 2. The highest BCUT2D eigenvalue weighted by Crippen LogP contribution is 2.27. The zero-order valence-corrected chi connectivity index (χ0v) is 16.8. The number of aromatic nitrogens is 4. The maximum Gasteiger partial charge on any atom is 0.238 e. The molecule has 0 unspecified atom stereocenters. The lowest BCUT2D eigenvalue weighted by Crippen LogP contribution is -2.40. The summed E-state index contributed by atoms with van der Waals surface area (Å²) >= 11 is 0. The van der Waals surface area contributed by atoms with Gasteiger partial charge in [-0.1, -0.05) is 12.1 Å². The number of hydrogen-bond donors (Lipinski definition) is 2. The van der Waals surface area contributed by atoms with Crippen molar-refractivity contribution >= 4 is 22.6 Å². The molecule has 2 aromatic heterocycles. The van der Waals surface area contributed by atoms with Crippen LogP contribution in [0.3, 0.4) is 0 Å². The number of para-hydroxylation sites is 2. The number of benzene rings is 1. The molecule has 1 amide bonds. The molecule has 0 saturated carbocycles. The highest BCUT2D eigenvalue weighted by atomic mass is 16.2. The van der Waals surface area contributed by atoms with Crippen molar-refractivity contribution in [2.75, 3.05) is 25.0 Å². The molecule has 1 aromatic carbocycles. The Balaban J connectivity index is 1.41. The number of aryl methyl sites for hydroxylation is 2. The van der Waals surface area contributed by atoms with Crippen LogP contribution in [0.4, 0.5) is 5.69 Å². The van der Waals surface area contributed by atoms with Gasteiger partial charge in [0.1, 0.15) is 5.82 Å². The number of likely N-dealkylation sites (tertiary alicyclic amines) is 1. The second-order valence-electron chi connectivity index (χ2n) is 7.62. The van der Waals surface area contributed by atoms with Gasteiger partial charge in [0.05, 0.1) is 34.7 Å². The van der Waals surface area contributed by atoms with Gasteiger partial charge in [-0.2, -0.15) is 5.10 Å². The molecule has 3 heterocycles. The average molecular weight is 380 g/mol. The zero-order chi connectivity index (χ0) is 19.7. The summed E-state index contributed by atoms with van der Waals surface area (Å²) in [5.74, 6) is 1.38. The minimum Gasteiger partial charge on any atom is -0.342 e. The maximum absolute atomic E-state index is 12.7. The predicted octanol–water partition coefficient (Wildman–Crippen LogP) is 3.21. The van der Waals surface area contributed by atoms with Crippen LogP contribution in [-0.4, -0.2) is 50.2 Å². The van der Waals surface area contributed by atoms with E-state index in [-0.39, 0.29) is 5.91 Å². The van der Waals surface area contributed by atoms with Crippen molar-refractivity contribution in [2.45, 2.75) is 46.1 Å². The summed E-state index contributed by atoms with van der Waals surface area (Å²) in [4.78, 5) is 23.1. The molecule has 0 radical (unpaired) electrons. The number of carbonyl (C=O) groups is 1. The minimum atomic E-state index is 0.0205. The molecule has 0 bridgehead atoms. The SMILES string of the molecule is CCn1nc(C)c(NC(=O)CN2CCC[C@H](c3nc4ccccc4[nH]3)C2)c1C. The van der Waals surface area contributed by atoms with Gasteiger partial charge in [0.25, 0.3) is 0 Å². The largest absolute Gasteiger partial charge is 0.342 e. The molecule has 28 heavy (non-hydrogen) atoms. The summed E-state index contributed by atoms with van der Waals surface area (Å²) in [5, 5.41) is 7.55. The van der Waals surface area contributed by atoms with Gasteiger partial charge in [-0.25, -0.2) is 4.98 Å². The van der Waals surface area contributed by atoms with E-state index in [1.54, 1.807) is 0 Å². The van der Waals surface area contributed by atoms with Crippen LogP contribution < -0.4 is 5.32 Å². The van der Waals surface area contributed by atoms with Crippen LogP contribution >= 0.6 is 0 Å². The number of carbonyl (C=O) groups excluding carboxylic acids is 1. The van der Waals surface area contributed by atoms with Crippen LogP contribution in [0.15, 0.2) is 24.3 Å². The molecular weight excluding hydrogens is 352 g/mol. The Bertz CT molecular complexity index is 955. The van der Waals surface area contributed by atoms with E-state index in [0.29, 0.717) is 12.5 Å². The third kappa shape index (κ3) is 3.67. The van der Waals surface area contributed by atoms with Crippen molar-refractivity contribution in [3.63, 3.8) is 0 Å². The van der Waals surface area contributed by atoms with E-state index in [2.05, 4.69) is 33.3 Å². The lowest BCUT2D eigenvalue weighted by molar-refractivity contribution is -0.117. The smallest absolute Gasteiger partial charge is 0.238 e. The molecule has 4 rings (SSSR count). The lowest BCUT2D eigenvalue weighted by atomic mass is 9.97. The van der Waals surface area contributed by atoms with Gasteiger partial charge in [-0.3, -0.25) is 14.4 Å². The van der Waals surface area contributed by atoms with Gasteiger partial charge in [0, 0.05) is 19.0 Å². The monoisotopic (exact) mass is 380 g/mol. The topological polar surface area (TPSA) is 78.8 Å². The van der Waals surface area contributed by atoms with Crippen molar-refractivity contribution in [1.29, 1.82) is 0 Å².